The molecule has 0 radical (unpaired) electrons. The summed E-state index contributed by atoms with van der Waals surface area (Å²) in [5, 5.41) is 3.13. The Morgan fingerprint density at radius 1 is 0.875 bits per heavy atom. The Balaban J connectivity index is 1.92. The van der Waals surface area contributed by atoms with Crippen LogP contribution in [0.4, 0.5) is 10.1 Å². The van der Waals surface area contributed by atoms with E-state index in [9.17, 15) is 9.18 Å². The molecule has 0 fully saturated rings. The average Bonchev–Trinajstić information content (AvgIpc) is 3.28. The van der Waals surface area contributed by atoms with E-state index in [0.29, 0.717) is 38.2 Å². The molecule has 210 valence electrons. The minimum absolute atomic E-state index is 0.0543. The molecule has 0 unspecified atom stereocenters. The first-order valence-corrected chi connectivity index (χ1v) is 14.1. The lowest BCUT2D eigenvalue weighted by Crippen LogP contribution is -2.22. The van der Waals surface area contributed by atoms with Crippen LogP contribution < -0.4 is 5.32 Å². The van der Waals surface area contributed by atoms with Crippen molar-refractivity contribution in [1.29, 1.82) is 0 Å². The van der Waals surface area contributed by atoms with Gasteiger partial charge < -0.3 is 19.4 Å². The Morgan fingerprint density at radius 3 is 2.05 bits per heavy atom. The van der Waals surface area contributed by atoms with Crippen molar-refractivity contribution in [2.45, 2.75) is 59.3 Å². The van der Waals surface area contributed by atoms with Gasteiger partial charge in [-0.15, -0.1) is 0 Å². The third-order valence-corrected chi connectivity index (χ3v) is 6.86. The third kappa shape index (κ3) is 7.06. The molecule has 0 aliphatic heterocycles. The lowest BCUT2D eigenvalue weighted by atomic mass is 9.94. The first kappa shape index (κ1) is 29.2. The Labute approximate surface area is 237 Å². The van der Waals surface area contributed by atoms with Gasteiger partial charge in [0.05, 0.1) is 5.56 Å². The maximum Gasteiger partial charge on any atom is 0.258 e. The molecule has 1 amide bonds. The largest absolute Gasteiger partial charge is 0.353 e. The summed E-state index contributed by atoms with van der Waals surface area (Å²) in [5.41, 5.74) is 6.18. The number of nitrogens with zero attached hydrogens (tertiary/aromatic N) is 1. The van der Waals surface area contributed by atoms with Crippen LogP contribution in [-0.2, 0) is 22.4 Å². The van der Waals surface area contributed by atoms with E-state index in [2.05, 4.69) is 23.7 Å². The van der Waals surface area contributed by atoms with Gasteiger partial charge in [0, 0.05) is 55.2 Å². The normalized spacial score (nSPS) is 11.4. The van der Waals surface area contributed by atoms with Crippen LogP contribution in [0.25, 0.3) is 11.1 Å². The number of carbonyl (C=O) groups is 1. The van der Waals surface area contributed by atoms with E-state index in [1.165, 1.54) is 12.1 Å². The number of para-hydroxylation sites is 1. The monoisotopic (exact) mass is 542 g/mol. The van der Waals surface area contributed by atoms with Crippen molar-refractivity contribution in [1.82, 2.24) is 4.57 Å². The second kappa shape index (κ2) is 14.1. The first-order chi connectivity index (χ1) is 19.4. The van der Waals surface area contributed by atoms with Crippen LogP contribution in [0.5, 0.6) is 0 Å². The Morgan fingerprint density at radius 2 is 1.48 bits per heavy atom. The molecule has 0 spiro atoms. The second-order valence-corrected chi connectivity index (χ2v) is 10.0. The first-order valence-electron chi connectivity index (χ1n) is 14.1. The number of aromatic nitrogens is 1. The van der Waals surface area contributed by atoms with Crippen molar-refractivity contribution in [2.75, 3.05) is 18.5 Å². The fourth-order valence-electron chi connectivity index (χ4n) is 5.20. The Kier molecular flexibility index (Phi) is 10.3. The smallest absolute Gasteiger partial charge is 0.258 e. The average molecular weight is 543 g/mol. The molecule has 5 nitrogen and oxygen atoms in total. The molecule has 0 saturated carbocycles. The molecule has 0 atom stereocenters. The highest BCUT2D eigenvalue weighted by Crippen LogP contribution is 2.38. The summed E-state index contributed by atoms with van der Waals surface area (Å²) in [5.74, 6) is -0.373. The summed E-state index contributed by atoms with van der Waals surface area (Å²) in [7, 11) is 0. The third-order valence-electron chi connectivity index (χ3n) is 6.86. The van der Waals surface area contributed by atoms with E-state index in [1.807, 2.05) is 86.6 Å². The molecule has 4 rings (SSSR count). The van der Waals surface area contributed by atoms with Gasteiger partial charge in [-0.25, -0.2) is 4.39 Å². The van der Waals surface area contributed by atoms with Gasteiger partial charge in [0.25, 0.3) is 5.91 Å². The topological polar surface area (TPSA) is 52.5 Å². The summed E-state index contributed by atoms with van der Waals surface area (Å²) in [4.78, 5) is 14.1. The molecule has 0 aliphatic rings. The highest BCUT2D eigenvalue weighted by Gasteiger charge is 2.30. The molecule has 6 heteroatoms. The maximum atomic E-state index is 14.1. The maximum absolute atomic E-state index is 14.1. The zero-order valence-corrected chi connectivity index (χ0v) is 23.8. The predicted molar refractivity (Wildman–Crippen MR) is 159 cm³/mol. The molecule has 1 N–H and O–H groups in total. The van der Waals surface area contributed by atoms with Crippen molar-refractivity contribution in [3.63, 3.8) is 0 Å². The van der Waals surface area contributed by atoms with Gasteiger partial charge in [-0.05, 0) is 55.2 Å². The van der Waals surface area contributed by atoms with E-state index in [-0.39, 0.29) is 23.9 Å². The fourth-order valence-corrected chi connectivity index (χ4v) is 5.20. The van der Waals surface area contributed by atoms with E-state index in [4.69, 9.17) is 9.47 Å². The number of rotatable bonds is 13. The number of amides is 1. The highest BCUT2D eigenvalue weighted by molar-refractivity contribution is 6.10. The van der Waals surface area contributed by atoms with Gasteiger partial charge in [0.2, 0.25) is 0 Å². The van der Waals surface area contributed by atoms with Gasteiger partial charge in [0.15, 0.2) is 6.29 Å². The SMILES string of the molecule is CCOC(CCn1c(Cc2ccc(F)cc2)c(-c2ccccc2)c(C(=O)Nc2ccccc2)c1C(C)C)OCC. The van der Waals surface area contributed by atoms with E-state index >= 15 is 0 Å². The summed E-state index contributed by atoms with van der Waals surface area (Å²) < 4.78 is 27.8. The van der Waals surface area contributed by atoms with Gasteiger partial charge in [-0.2, -0.15) is 0 Å². The van der Waals surface area contributed by atoms with Crippen LogP contribution in [-0.4, -0.2) is 30.0 Å². The zero-order chi connectivity index (χ0) is 28.5. The summed E-state index contributed by atoms with van der Waals surface area (Å²) in [6.45, 7) is 9.86. The van der Waals surface area contributed by atoms with Crippen LogP contribution >= 0.6 is 0 Å². The van der Waals surface area contributed by atoms with Crippen LogP contribution in [0.2, 0.25) is 0 Å². The number of benzene rings is 3. The van der Waals surface area contributed by atoms with E-state index in [0.717, 1.165) is 33.8 Å². The number of nitrogens with one attached hydrogen (secondary N) is 1. The van der Waals surface area contributed by atoms with Crippen LogP contribution in [0.15, 0.2) is 84.9 Å². The molecule has 1 aromatic heterocycles. The van der Waals surface area contributed by atoms with Gasteiger partial charge in [0.1, 0.15) is 5.82 Å². The quantitative estimate of drug-likeness (QED) is 0.174. The highest BCUT2D eigenvalue weighted by atomic mass is 19.1. The summed E-state index contributed by atoms with van der Waals surface area (Å²) >= 11 is 0. The molecular weight excluding hydrogens is 503 g/mol. The van der Waals surface area contributed by atoms with Gasteiger partial charge >= 0.3 is 0 Å². The van der Waals surface area contributed by atoms with E-state index < -0.39 is 0 Å². The Bertz CT molecular complexity index is 1360. The molecule has 4 aromatic rings. The van der Waals surface area contributed by atoms with Crippen molar-refractivity contribution in [3.05, 3.63) is 113 Å². The minimum atomic E-state index is -0.349. The minimum Gasteiger partial charge on any atom is -0.353 e. The molecular formula is C34H39FN2O3. The predicted octanol–water partition coefficient (Wildman–Crippen LogP) is 8.05. The van der Waals surface area contributed by atoms with Crippen molar-refractivity contribution in [2.24, 2.45) is 0 Å². The summed E-state index contributed by atoms with van der Waals surface area (Å²) in [6, 6.07) is 26.1. The number of ether oxygens (including phenoxy) is 2. The number of halogens is 1. The molecule has 1 heterocycles. The molecule has 3 aromatic carbocycles. The number of hydrogen-bond acceptors (Lipinski definition) is 3. The number of anilines is 1. The Hall–Kier alpha value is -3.74. The molecule has 0 saturated heterocycles. The zero-order valence-electron chi connectivity index (χ0n) is 23.8. The van der Waals surface area contributed by atoms with Gasteiger partial charge in [-0.1, -0.05) is 74.5 Å². The molecule has 40 heavy (non-hydrogen) atoms. The summed E-state index contributed by atoms with van der Waals surface area (Å²) in [6.07, 6.45) is 0.815. The van der Waals surface area contributed by atoms with Crippen LogP contribution in [0, 0.1) is 5.82 Å². The molecule has 0 bridgehead atoms. The number of hydrogen-bond donors (Lipinski definition) is 1. The standard InChI is InChI=1S/C34H39FN2O3/c1-5-39-30(40-6-2)21-22-37-29(23-25-17-19-27(35)20-18-25)31(26-13-9-7-10-14-26)32(33(37)24(3)4)34(38)36-28-15-11-8-12-16-28/h7-20,24,30H,5-6,21-23H2,1-4H3,(H,36,38). The van der Waals surface area contributed by atoms with E-state index in [1.54, 1.807) is 0 Å². The lowest BCUT2D eigenvalue weighted by Gasteiger charge is -2.21. The van der Waals surface area contributed by atoms with Crippen molar-refractivity contribution in [3.8, 4) is 11.1 Å². The lowest BCUT2D eigenvalue weighted by molar-refractivity contribution is -0.141. The second-order valence-electron chi connectivity index (χ2n) is 10.0. The van der Waals surface area contributed by atoms with Crippen LogP contribution in [0.3, 0.4) is 0 Å². The van der Waals surface area contributed by atoms with Crippen molar-refractivity contribution >= 4 is 11.6 Å². The van der Waals surface area contributed by atoms with Crippen molar-refractivity contribution < 1.29 is 18.7 Å². The molecule has 0 aliphatic carbocycles. The van der Waals surface area contributed by atoms with Crippen LogP contribution in [0.1, 0.15) is 67.3 Å². The van der Waals surface area contributed by atoms with Gasteiger partial charge in [-0.3, -0.25) is 4.79 Å². The number of carbonyl (C=O) groups excluding carboxylic acids is 1. The fraction of sp³-hybridized carbons (Fsp3) is 0.324.